The lowest BCUT2D eigenvalue weighted by molar-refractivity contribution is 0.412. The molecule has 0 amide bonds. The van der Waals surface area contributed by atoms with E-state index in [1.807, 2.05) is 20.2 Å². The highest BCUT2D eigenvalue weighted by molar-refractivity contribution is 5.54. The van der Waals surface area contributed by atoms with Crippen molar-refractivity contribution in [3.05, 3.63) is 11.9 Å². The molecular weight excluding hydrogens is 160 g/mol. The van der Waals surface area contributed by atoms with Crippen LogP contribution in [0.4, 0.5) is 0 Å². The van der Waals surface area contributed by atoms with Gasteiger partial charge in [0.15, 0.2) is 0 Å². The summed E-state index contributed by atoms with van der Waals surface area (Å²) in [6.07, 6.45) is 4.92. The predicted molar refractivity (Wildman–Crippen MR) is 59.9 cm³/mol. The smallest absolute Gasteiger partial charge is 0.0456 e. The zero-order valence-electron chi connectivity index (χ0n) is 9.46. The van der Waals surface area contributed by atoms with Crippen molar-refractivity contribution in [1.82, 2.24) is 5.32 Å². The minimum Gasteiger partial charge on any atom is -0.390 e. The molecule has 2 nitrogen and oxygen atoms in total. The SMILES string of the molecule is CC=N/C=C(\NC)C(C)C(C)CC. The normalized spacial score (nSPS) is 17.5. The Bertz CT molecular complexity index is 183. The molecule has 0 spiro atoms. The molecule has 2 heteroatoms. The number of rotatable bonds is 5. The third-order valence-corrected chi connectivity index (χ3v) is 2.64. The summed E-state index contributed by atoms with van der Waals surface area (Å²) >= 11 is 0. The molecule has 0 rings (SSSR count). The van der Waals surface area contributed by atoms with Crippen LogP contribution in [0.3, 0.4) is 0 Å². The number of nitrogens with one attached hydrogen (secondary N) is 1. The second-order valence-corrected chi connectivity index (χ2v) is 3.42. The summed E-state index contributed by atoms with van der Waals surface area (Å²) in [5, 5.41) is 3.20. The fraction of sp³-hybridized carbons (Fsp3) is 0.727. The standard InChI is InChI=1S/C11H22N2/c1-6-9(3)10(4)11(12-5)8-13-7-2/h7-10,12H,6H2,1-5H3/b11-8-,13-7?. The second kappa shape index (κ2) is 6.70. The van der Waals surface area contributed by atoms with Gasteiger partial charge in [-0.25, -0.2) is 0 Å². The summed E-state index contributed by atoms with van der Waals surface area (Å²) in [7, 11) is 1.95. The van der Waals surface area contributed by atoms with Crippen LogP contribution in [0.15, 0.2) is 16.9 Å². The van der Waals surface area contributed by atoms with E-state index in [4.69, 9.17) is 0 Å². The molecule has 0 aromatic rings. The van der Waals surface area contributed by atoms with Gasteiger partial charge in [0.25, 0.3) is 0 Å². The average molecular weight is 182 g/mol. The van der Waals surface area contributed by atoms with Crippen LogP contribution in [0.1, 0.15) is 34.1 Å². The van der Waals surface area contributed by atoms with Crippen molar-refractivity contribution >= 4 is 6.21 Å². The predicted octanol–water partition coefficient (Wildman–Crippen LogP) is 2.82. The van der Waals surface area contributed by atoms with Crippen molar-refractivity contribution in [3.8, 4) is 0 Å². The van der Waals surface area contributed by atoms with Crippen molar-refractivity contribution in [2.75, 3.05) is 7.05 Å². The summed E-state index contributed by atoms with van der Waals surface area (Å²) in [6, 6.07) is 0. The quantitative estimate of drug-likeness (QED) is 0.650. The molecule has 0 aliphatic carbocycles. The lowest BCUT2D eigenvalue weighted by atomic mass is 9.91. The van der Waals surface area contributed by atoms with E-state index in [1.165, 1.54) is 12.1 Å². The first-order valence-electron chi connectivity index (χ1n) is 5.02. The van der Waals surface area contributed by atoms with E-state index in [9.17, 15) is 0 Å². The minimum absolute atomic E-state index is 0.554. The van der Waals surface area contributed by atoms with Crippen molar-refractivity contribution in [3.63, 3.8) is 0 Å². The lowest BCUT2D eigenvalue weighted by Crippen LogP contribution is -2.19. The highest BCUT2D eigenvalue weighted by Gasteiger charge is 2.13. The Hall–Kier alpha value is -0.790. The van der Waals surface area contributed by atoms with E-state index in [-0.39, 0.29) is 0 Å². The molecule has 76 valence electrons. The van der Waals surface area contributed by atoms with Crippen LogP contribution in [-0.2, 0) is 0 Å². The van der Waals surface area contributed by atoms with Gasteiger partial charge in [0, 0.05) is 25.2 Å². The van der Waals surface area contributed by atoms with Gasteiger partial charge in [-0.2, -0.15) is 0 Å². The van der Waals surface area contributed by atoms with Crippen LogP contribution in [0.25, 0.3) is 0 Å². The fourth-order valence-electron chi connectivity index (χ4n) is 1.22. The van der Waals surface area contributed by atoms with Crippen molar-refractivity contribution in [1.29, 1.82) is 0 Å². The topological polar surface area (TPSA) is 24.4 Å². The molecule has 0 fully saturated rings. The molecule has 0 aliphatic rings. The highest BCUT2D eigenvalue weighted by atomic mass is 14.9. The van der Waals surface area contributed by atoms with Crippen molar-refractivity contribution < 1.29 is 0 Å². The van der Waals surface area contributed by atoms with Crippen LogP contribution in [0.5, 0.6) is 0 Å². The zero-order chi connectivity index (χ0) is 10.3. The molecule has 13 heavy (non-hydrogen) atoms. The maximum Gasteiger partial charge on any atom is 0.0456 e. The van der Waals surface area contributed by atoms with E-state index < -0.39 is 0 Å². The largest absolute Gasteiger partial charge is 0.390 e. The maximum atomic E-state index is 4.13. The van der Waals surface area contributed by atoms with Gasteiger partial charge in [-0.05, 0) is 18.8 Å². The van der Waals surface area contributed by atoms with Gasteiger partial charge in [0.05, 0.1) is 0 Å². The molecule has 0 bridgehead atoms. The lowest BCUT2D eigenvalue weighted by Gasteiger charge is -2.20. The molecule has 0 saturated heterocycles. The van der Waals surface area contributed by atoms with Crippen LogP contribution in [-0.4, -0.2) is 13.3 Å². The van der Waals surface area contributed by atoms with Gasteiger partial charge in [0.2, 0.25) is 0 Å². The Labute approximate surface area is 82.1 Å². The van der Waals surface area contributed by atoms with Gasteiger partial charge in [0.1, 0.15) is 0 Å². The monoisotopic (exact) mass is 182 g/mol. The summed E-state index contributed by atoms with van der Waals surface area (Å²) in [5.74, 6) is 1.25. The van der Waals surface area contributed by atoms with Crippen LogP contribution in [0.2, 0.25) is 0 Å². The van der Waals surface area contributed by atoms with Crippen molar-refractivity contribution in [2.24, 2.45) is 16.8 Å². The first kappa shape index (κ1) is 12.2. The molecule has 0 aliphatic heterocycles. The third-order valence-electron chi connectivity index (χ3n) is 2.64. The summed E-state index contributed by atoms with van der Waals surface area (Å²) < 4.78 is 0. The van der Waals surface area contributed by atoms with Crippen molar-refractivity contribution in [2.45, 2.75) is 34.1 Å². The van der Waals surface area contributed by atoms with E-state index in [2.05, 4.69) is 31.1 Å². The molecule has 0 heterocycles. The molecule has 2 unspecified atom stereocenters. The Morgan fingerprint density at radius 1 is 1.46 bits per heavy atom. The van der Waals surface area contributed by atoms with Crippen LogP contribution in [0, 0.1) is 11.8 Å². The number of nitrogens with zero attached hydrogens (tertiary/aromatic N) is 1. The number of aliphatic imine (C=N–C) groups is 1. The van der Waals surface area contributed by atoms with Gasteiger partial charge in [-0.1, -0.05) is 27.2 Å². The van der Waals surface area contributed by atoms with Gasteiger partial charge < -0.3 is 5.32 Å². The Morgan fingerprint density at radius 3 is 2.46 bits per heavy atom. The molecule has 0 aromatic heterocycles. The third kappa shape index (κ3) is 4.11. The fourth-order valence-corrected chi connectivity index (χ4v) is 1.22. The molecule has 0 saturated carbocycles. The van der Waals surface area contributed by atoms with Gasteiger partial charge >= 0.3 is 0 Å². The molecule has 0 radical (unpaired) electrons. The van der Waals surface area contributed by atoms with Crippen LogP contribution < -0.4 is 5.32 Å². The Balaban J connectivity index is 4.38. The summed E-state index contributed by atoms with van der Waals surface area (Å²) in [4.78, 5) is 4.13. The first-order chi connectivity index (χ1) is 6.17. The van der Waals surface area contributed by atoms with Gasteiger partial charge in [-0.3, -0.25) is 4.99 Å². The average Bonchev–Trinajstić information content (AvgIpc) is 2.17. The van der Waals surface area contributed by atoms with E-state index in [0.717, 1.165) is 0 Å². The van der Waals surface area contributed by atoms with Crippen LogP contribution >= 0.6 is 0 Å². The number of allylic oxidation sites excluding steroid dienone is 1. The maximum absolute atomic E-state index is 4.13. The van der Waals surface area contributed by atoms with Gasteiger partial charge in [-0.15, -0.1) is 0 Å². The second-order valence-electron chi connectivity index (χ2n) is 3.42. The number of hydrogen-bond acceptors (Lipinski definition) is 2. The molecule has 0 aromatic carbocycles. The molecule has 2 atom stereocenters. The Kier molecular flexibility index (Phi) is 6.29. The van der Waals surface area contributed by atoms with E-state index in [0.29, 0.717) is 11.8 Å². The molecular formula is C11H22N2. The zero-order valence-corrected chi connectivity index (χ0v) is 9.46. The molecule has 1 N–H and O–H groups in total. The first-order valence-corrected chi connectivity index (χ1v) is 5.02. The summed E-state index contributed by atoms with van der Waals surface area (Å²) in [5.41, 5.74) is 1.22. The summed E-state index contributed by atoms with van der Waals surface area (Å²) in [6.45, 7) is 8.66. The number of hydrogen-bond donors (Lipinski definition) is 1. The Morgan fingerprint density at radius 2 is 2.08 bits per heavy atom. The van der Waals surface area contributed by atoms with E-state index in [1.54, 1.807) is 6.21 Å². The van der Waals surface area contributed by atoms with E-state index >= 15 is 0 Å². The highest BCUT2D eigenvalue weighted by Crippen LogP contribution is 2.20. The minimum atomic E-state index is 0.554.